The molecular weight excluding hydrogens is 989 g/mol. The van der Waals surface area contributed by atoms with E-state index in [-0.39, 0.29) is 18.1 Å². The Balaban J connectivity index is 0.655. The van der Waals surface area contributed by atoms with Crippen LogP contribution in [-0.4, -0.2) is 70.0 Å². The summed E-state index contributed by atoms with van der Waals surface area (Å²) in [5.74, 6) is 1.68. The Labute approximate surface area is 469 Å². The molecule has 80 heavy (non-hydrogen) atoms. The number of rotatable bonds is 17. The highest BCUT2D eigenvalue weighted by Crippen LogP contribution is 2.41. The van der Waals surface area contributed by atoms with E-state index in [2.05, 4.69) is 142 Å². The molecule has 0 aliphatic heterocycles. The van der Waals surface area contributed by atoms with Gasteiger partial charge in [-0.05, 0) is 133 Å². The second-order valence-corrected chi connectivity index (χ2v) is 23.6. The van der Waals surface area contributed by atoms with Crippen molar-refractivity contribution in [2.75, 3.05) is 0 Å². The van der Waals surface area contributed by atoms with Gasteiger partial charge in [0.05, 0.1) is 48.1 Å². The van der Waals surface area contributed by atoms with Crippen molar-refractivity contribution in [3.63, 3.8) is 0 Å². The molecule has 5 unspecified atom stereocenters. The van der Waals surface area contributed by atoms with Gasteiger partial charge in [-0.1, -0.05) is 98.0 Å². The Hall–Kier alpha value is -7.90. The molecule has 406 valence electrons. The van der Waals surface area contributed by atoms with Crippen LogP contribution in [0.3, 0.4) is 0 Å². The summed E-state index contributed by atoms with van der Waals surface area (Å²) < 4.78 is 8.61. The highest BCUT2D eigenvalue weighted by atomic mass is 16.3. The van der Waals surface area contributed by atoms with Gasteiger partial charge in [0.1, 0.15) is 5.52 Å². The number of hydrogen-bond acceptors (Lipinski definition) is 9. The second-order valence-electron chi connectivity index (χ2n) is 23.6. The summed E-state index contributed by atoms with van der Waals surface area (Å²) in [6.07, 6.45) is 29.4. The lowest BCUT2D eigenvalue weighted by molar-refractivity contribution is 0.0723. The van der Waals surface area contributed by atoms with Crippen molar-refractivity contribution >= 4 is 11.2 Å². The van der Waals surface area contributed by atoms with Crippen LogP contribution in [0.1, 0.15) is 105 Å². The molecule has 0 radical (unpaired) electrons. The van der Waals surface area contributed by atoms with Crippen molar-refractivity contribution in [1.29, 1.82) is 0 Å². The van der Waals surface area contributed by atoms with Crippen LogP contribution in [0.2, 0.25) is 0 Å². The fraction of sp³-hybridized carbons (Fsp3) is 0.373. The number of aliphatic hydroxyl groups is 1. The third-order valence-corrected chi connectivity index (χ3v) is 17.9. The summed E-state index contributed by atoms with van der Waals surface area (Å²) >= 11 is 0. The summed E-state index contributed by atoms with van der Waals surface area (Å²) in [6.45, 7) is 10.8. The molecule has 3 aliphatic rings. The maximum atomic E-state index is 11.8. The molecule has 2 aromatic carbocycles. The average molecular weight is 1060 g/mol. The second kappa shape index (κ2) is 22.3. The summed E-state index contributed by atoms with van der Waals surface area (Å²) in [4.78, 5) is 25.2. The van der Waals surface area contributed by atoms with Crippen LogP contribution >= 0.6 is 0 Å². The smallest absolute Gasteiger partial charge is 0.160 e. The normalized spacial score (nSPS) is 19.0. The number of fused-ring (bicyclic) bond motifs is 1. The number of hydrogen-bond donors (Lipinski definition) is 1. The summed E-state index contributed by atoms with van der Waals surface area (Å²) in [7, 11) is 0. The van der Waals surface area contributed by atoms with Gasteiger partial charge < -0.3 is 9.67 Å². The zero-order valence-corrected chi connectivity index (χ0v) is 46.7. The molecule has 13 rings (SSSR count). The lowest BCUT2D eigenvalue weighted by atomic mass is 9.87. The van der Waals surface area contributed by atoms with E-state index < -0.39 is 0 Å². The number of pyridine rings is 4. The van der Waals surface area contributed by atoms with Crippen LogP contribution < -0.4 is 0 Å². The third-order valence-electron chi connectivity index (χ3n) is 17.9. The Bertz CT molecular complexity index is 3780. The van der Waals surface area contributed by atoms with Gasteiger partial charge in [0.2, 0.25) is 0 Å². The molecule has 3 aliphatic carbocycles. The Morgan fingerprint density at radius 3 is 1.62 bits per heavy atom. The van der Waals surface area contributed by atoms with Gasteiger partial charge in [-0.2, -0.15) is 15.3 Å². The van der Waals surface area contributed by atoms with E-state index in [0.29, 0.717) is 11.8 Å². The fourth-order valence-corrected chi connectivity index (χ4v) is 13.5. The van der Waals surface area contributed by atoms with Crippen molar-refractivity contribution in [3.05, 3.63) is 169 Å². The first-order chi connectivity index (χ1) is 39.1. The van der Waals surface area contributed by atoms with E-state index in [4.69, 9.17) is 40.2 Å². The number of nitrogens with zero attached hydrogens (tertiary/aromatic N) is 12. The molecule has 3 saturated carbocycles. The van der Waals surface area contributed by atoms with Crippen molar-refractivity contribution in [1.82, 2.24) is 58.8 Å². The van der Waals surface area contributed by atoms with Crippen LogP contribution in [0.4, 0.5) is 0 Å². The minimum absolute atomic E-state index is 0.225. The molecule has 10 aromatic rings. The van der Waals surface area contributed by atoms with Gasteiger partial charge in [0, 0.05) is 118 Å². The molecule has 0 saturated heterocycles. The molecule has 0 spiro atoms. The fourth-order valence-electron chi connectivity index (χ4n) is 13.5. The molecule has 13 heteroatoms. The molecule has 5 atom stereocenters. The molecule has 1 N–H and O–H groups in total. The van der Waals surface area contributed by atoms with Crippen LogP contribution in [0.25, 0.3) is 78.3 Å². The predicted octanol–water partition coefficient (Wildman–Crippen LogP) is 14.1. The molecule has 8 aromatic heterocycles. The van der Waals surface area contributed by atoms with Crippen LogP contribution in [0.15, 0.2) is 141 Å². The summed E-state index contributed by atoms with van der Waals surface area (Å²) in [5, 5.41) is 26.3. The topological polar surface area (TPSA) is 143 Å². The van der Waals surface area contributed by atoms with Gasteiger partial charge in [0.25, 0.3) is 0 Å². The molecular formula is C67H72N12O. The first-order valence-corrected chi connectivity index (χ1v) is 29.3. The average Bonchev–Trinajstić information content (AvgIpc) is 4.38. The third kappa shape index (κ3) is 10.8. The quantitative estimate of drug-likeness (QED) is 0.0942. The van der Waals surface area contributed by atoms with Crippen LogP contribution in [0, 0.1) is 51.4 Å². The maximum absolute atomic E-state index is 11.8. The van der Waals surface area contributed by atoms with Gasteiger partial charge in [0.15, 0.2) is 5.65 Å². The standard InChI is InChI=1S/C67H72N12O/c1-43-15-23-49(24-16-43)64-59(28-18-44(2)73-64)55-34-72-78(41-55)38-52-12-8-14-62(52)79-42-69-61-31-53(32-68-67(61)79)66-60(29-19-46(4)75-66)56-35-71-77(40-56)37-51-11-7-13-57(51)63(80)30-22-47-20-25-50(26-21-47)65-58(27-17-45(3)74-65)54-33-70-76(39-54)36-48-9-5-6-10-48/h15-21,23-29,31-35,39-42,48,51-52,57,62-63,80H,5-14,22,30,36-38H2,1-4H3. The zero-order valence-electron chi connectivity index (χ0n) is 46.7. The zero-order chi connectivity index (χ0) is 54.3. The largest absolute Gasteiger partial charge is 0.393 e. The van der Waals surface area contributed by atoms with Crippen molar-refractivity contribution in [2.45, 2.75) is 137 Å². The Morgan fingerprint density at radius 2 is 1.02 bits per heavy atom. The van der Waals surface area contributed by atoms with E-state index in [1.165, 1.54) is 36.8 Å². The van der Waals surface area contributed by atoms with Crippen LogP contribution in [-0.2, 0) is 26.1 Å². The van der Waals surface area contributed by atoms with Crippen molar-refractivity contribution < 1.29 is 5.11 Å². The van der Waals surface area contributed by atoms with Gasteiger partial charge in [-0.15, -0.1) is 0 Å². The van der Waals surface area contributed by atoms with Gasteiger partial charge in [-0.3, -0.25) is 29.0 Å². The predicted molar refractivity (Wildman–Crippen MR) is 316 cm³/mol. The van der Waals surface area contributed by atoms with Crippen LogP contribution in [0.5, 0.6) is 0 Å². The maximum Gasteiger partial charge on any atom is 0.160 e. The number of aliphatic hydroxyl groups excluding tert-OH is 1. The number of aromatic nitrogens is 12. The molecule has 0 amide bonds. The first kappa shape index (κ1) is 51.5. The minimum atomic E-state index is -0.382. The summed E-state index contributed by atoms with van der Waals surface area (Å²) in [6, 6.07) is 32.6. The van der Waals surface area contributed by atoms with Gasteiger partial charge >= 0.3 is 0 Å². The summed E-state index contributed by atoms with van der Waals surface area (Å²) in [5.41, 5.74) is 19.5. The first-order valence-electron chi connectivity index (χ1n) is 29.3. The lowest BCUT2D eigenvalue weighted by Gasteiger charge is -2.25. The van der Waals surface area contributed by atoms with Crippen molar-refractivity contribution in [2.24, 2.45) is 23.7 Å². The Kier molecular flexibility index (Phi) is 14.4. The molecule has 3 fully saturated rings. The van der Waals surface area contributed by atoms with E-state index in [1.807, 2.05) is 45.0 Å². The van der Waals surface area contributed by atoms with E-state index in [1.54, 1.807) is 0 Å². The highest BCUT2D eigenvalue weighted by molar-refractivity contribution is 5.85. The Morgan fingerprint density at radius 1 is 0.500 bits per heavy atom. The minimum Gasteiger partial charge on any atom is -0.393 e. The van der Waals surface area contributed by atoms with Gasteiger partial charge in [-0.25, -0.2) is 9.97 Å². The number of aryl methyl sites for hydroxylation is 5. The highest BCUT2D eigenvalue weighted by Gasteiger charge is 2.34. The SMILES string of the molecule is Cc1ccc(-c2nc(C)ccc2-c2cnn(CC3CCCC3n3cnc4cc(-c5nc(C)ccc5-c5cnn(CC6CCCC6C(O)CCc6ccc(-c7nc(C)ccc7-c7cnn(CC8CCCC8)c7)cc6)c5)cnc43)c2)cc1. The lowest BCUT2D eigenvalue weighted by Crippen LogP contribution is -2.27. The molecule has 8 heterocycles. The van der Waals surface area contributed by atoms with E-state index >= 15 is 0 Å². The monoisotopic (exact) mass is 1060 g/mol. The van der Waals surface area contributed by atoms with E-state index in [9.17, 15) is 5.11 Å². The molecule has 0 bridgehead atoms. The van der Waals surface area contributed by atoms with Crippen molar-refractivity contribution in [3.8, 4) is 67.2 Å². The number of imidazole rings is 1. The number of benzene rings is 2. The van der Waals surface area contributed by atoms with E-state index in [0.717, 1.165) is 172 Å². The molecule has 13 nitrogen and oxygen atoms in total.